The van der Waals surface area contributed by atoms with Gasteiger partial charge in [-0.3, -0.25) is 13.9 Å². The third-order valence-corrected chi connectivity index (χ3v) is 7.59. The monoisotopic (exact) mass is 531 g/mol. The van der Waals surface area contributed by atoms with E-state index in [2.05, 4.69) is 5.32 Å². The Morgan fingerprint density at radius 1 is 1.05 bits per heavy atom. The molecule has 9 heteroatoms. The van der Waals surface area contributed by atoms with Gasteiger partial charge in [0.1, 0.15) is 11.8 Å². The molecular weight excluding hydrogens is 490 g/mol. The van der Waals surface area contributed by atoms with E-state index in [1.807, 2.05) is 64.1 Å². The molecule has 2 rings (SSSR count). The maximum Gasteiger partial charge on any atom is 0.243 e. The van der Waals surface area contributed by atoms with Gasteiger partial charge in [-0.05, 0) is 62.4 Å². The average Bonchev–Trinajstić information content (AvgIpc) is 2.86. The minimum atomic E-state index is -3.54. The Bertz CT molecular complexity index is 1150. The number of nitrogens with zero attached hydrogens (tertiary/aromatic N) is 2. The third-order valence-electron chi connectivity index (χ3n) is 6.41. The second-order valence-corrected chi connectivity index (χ2v) is 11.2. The van der Waals surface area contributed by atoms with Crippen LogP contribution in [0.4, 0.5) is 5.69 Å². The number of hydrogen-bond acceptors (Lipinski definition) is 5. The lowest BCUT2D eigenvalue weighted by molar-refractivity contribution is -0.141. The smallest absolute Gasteiger partial charge is 0.243 e. The summed E-state index contributed by atoms with van der Waals surface area (Å²) in [4.78, 5) is 28.3. The van der Waals surface area contributed by atoms with Crippen LogP contribution in [0.1, 0.15) is 57.6 Å². The van der Waals surface area contributed by atoms with Gasteiger partial charge in [-0.25, -0.2) is 8.42 Å². The van der Waals surface area contributed by atoms with Gasteiger partial charge in [0.15, 0.2) is 0 Å². The SMILES string of the molecule is CC[C@@H](C)NC(=O)[C@@H](CC)N(Cc1cccc(OC)c1)C(=O)CCCN(c1ccccc1C)S(C)(=O)=O. The number of aryl methyl sites for hydroxylation is 1. The summed E-state index contributed by atoms with van der Waals surface area (Å²) >= 11 is 0. The number of para-hydroxylation sites is 1. The summed E-state index contributed by atoms with van der Waals surface area (Å²) in [5, 5.41) is 3.00. The maximum atomic E-state index is 13.5. The Kier molecular flexibility index (Phi) is 11.4. The van der Waals surface area contributed by atoms with E-state index in [1.54, 1.807) is 24.1 Å². The minimum absolute atomic E-state index is 0.00671. The zero-order valence-corrected chi connectivity index (χ0v) is 23.7. The fourth-order valence-corrected chi connectivity index (χ4v) is 5.18. The van der Waals surface area contributed by atoms with Crippen LogP contribution < -0.4 is 14.4 Å². The van der Waals surface area contributed by atoms with Crippen LogP contribution in [0.15, 0.2) is 48.5 Å². The molecule has 0 heterocycles. The van der Waals surface area contributed by atoms with Crippen molar-refractivity contribution in [3.05, 3.63) is 59.7 Å². The van der Waals surface area contributed by atoms with Crippen molar-refractivity contribution in [2.75, 3.05) is 24.2 Å². The van der Waals surface area contributed by atoms with E-state index >= 15 is 0 Å². The minimum Gasteiger partial charge on any atom is -0.497 e. The first-order valence-electron chi connectivity index (χ1n) is 12.8. The Hall–Kier alpha value is -3.07. The molecule has 0 saturated heterocycles. The number of nitrogens with one attached hydrogen (secondary N) is 1. The molecule has 0 unspecified atom stereocenters. The van der Waals surface area contributed by atoms with E-state index in [0.29, 0.717) is 24.3 Å². The van der Waals surface area contributed by atoms with E-state index < -0.39 is 16.1 Å². The highest BCUT2D eigenvalue weighted by Gasteiger charge is 2.29. The lowest BCUT2D eigenvalue weighted by Gasteiger charge is -2.32. The van der Waals surface area contributed by atoms with Gasteiger partial charge in [0.2, 0.25) is 21.8 Å². The molecule has 2 amide bonds. The zero-order valence-electron chi connectivity index (χ0n) is 22.9. The second-order valence-electron chi connectivity index (χ2n) is 9.34. The Morgan fingerprint density at radius 2 is 1.76 bits per heavy atom. The molecule has 0 aromatic heterocycles. The van der Waals surface area contributed by atoms with Crippen molar-refractivity contribution in [3.8, 4) is 5.75 Å². The molecule has 204 valence electrons. The first kappa shape index (κ1) is 30.2. The number of methoxy groups -OCH3 is 1. The number of benzene rings is 2. The summed E-state index contributed by atoms with van der Waals surface area (Å²) in [6.07, 6.45) is 2.83. The molecule has 0 aliphatic rings. The molecular formula is C28H41N3O5S. The van der Waals surface area contributed by atoms with E-state index in [4.69, 9.17) is 4.74 Å². The molecule has 0 aliphatic heterocycles. The predicted octanol–water partition coefficient (Wildman–Crippen LogP) is 4.27. The Morgan fingerprint density at radius 3 is 2.35 bits per heavy atom. The van der Waals surface area contributed by atoms with Gasteiger partial charge in [-0.2, -0.15) is 0 Å². The van der Waals surface area contributed by atoms with Crippen LogP contribution in [-0.4, -0.2) is 57.1 Å². The number of anilines is 1. The van der Waals surface area contributed by atoms with Crippen LogP contribution in [0.2, 0.25) is 0 Å². The zero-order chi connectivity index (χ0) is 27.6. The van der Waals surface area contributed by atoms with Crippen LogP contribution in [0, 0.1) is 6.92 Å². The van der Waals surface area contributed by atoms with Crippen LogP contribution >= 0.6 is 0 Å². The molecule has 8 nitrogen and oxygen atoms in total. The van der Waals surface area contributed by atoms with Gasteiger partial charge in [-0.1, -0.05) is 44.2 Å². The molecule has 37 heavy (non-hydrogen) atoms. The van der Waals surface area contributed by atoms with Crippen molar-refractivity contribution >= 4 is 27.5 Å². The first-order valence-corrected chi connectivity index (χ1v) is 14.6. The molecule has 0 aliphatic carbocycles. The van der Waals surface area contributed by atoms with Crippen LogP contribution in [0.5, 0.6) is 5.75 Å². The highest BCUT2D eigenvalue weighted by Crippen LogP contribution is 2.23. The number of sulfonamides is 1. The van der Waals surface area contributed by atoms with E-state index in [1.165, 1.54) is 10.6 Å². The third kappa shape index (κ3) is 8.77. The quantitative estimate of drug-likeness (QED) is 0.393. The van der Waals surface area contributed by atoms with Crippen LogP contribution in [-0.2, 0) is 26.2 Å². The van der Waals surface area contributed by atoms with Crippen LogP contribution in [0.3, 0.4) is 0 Å². The van der Waals surface area contributed by atoms with Gasteiger partial charge in [0.25, 0.3) is 0 Å². The standard InChI is InChI=1S/C28H41N3O5S/c1-7-22(4)29-28(33)25(8-2)30(20-23-14-11-15-24(19-23)36-5)27(32)17-12-18-31(37(6,34)35)26-16-10-9-13-21(26)3/h9-11,13-16,19,22,25H,7-8,12,17-18,20H2,1-6H3,(H,29,33)/t22-,25-/m1/s1. The fourth-order valence-electron chi connectivity index (χ4n) is 4.15. The Labute approximate surface area is 222 Å². The first-order chi connectivity index (χ1) is 17.5. The molecule has 1 N–H and O–H groups in total. The molecule has 0 saturated carbocycles. The number of hydrogen-bond donors (Lipinski definition) is 1. The maximum absolute atomic E-state index is 13.5. The summed E-state index contributed by atoms with van der Waals surface area (Å²) in [5.41, 5.74) is 2.29. The predicted molar refractivity (Wildman–Crippen MR) is 148 cm³/mol. The second kappa shape index (κ2) is 14.0. The largest absolute Gasteiger partial charge is 0.497 e. The summed E-state index contributed by atoms with van der Waals surface area (Å²) in [7, 11) is -1.95. The lowest BCUT2D eigenvalue weighted by atomic mass is 10.1. The molecule has 0 fully saturated rings. The van der Waals surface area contributed by atoms with Crippen molar-refractivity contribution in [2.24, 2.45) is 0 Å². The lowest BCUT2D eigenvalue weighted by Crippen LogP contribution is -2.50. The molecule has 2 aromatic carbocycles. The average molecular weight is 532 g/mol. The van der Waals surface area contributed by atoms with Gasteiger partial charge < -0.3 is 15.0 Å². The highest BCUT2D eigenvalue weighted by atomic mass is 32.2. The summed E-state index contributed by atoms with van der Waals surface area (Å²) in [6.45, 7) is 8.08. The van der Waals surface area contributed by atoms with Crippen molar-refractivity contribution in [1.82, 2.24) is 10.2 Å². The van der Waals surface area contributed by atoms with E-state index in [9.17, 15) is 18.0 Å². The van der Waals surface area contributed by atoms with Gasteiger partial charge >= 0.3 is 0 Å². The van der Waals surface area contributed by atoms with E-state index in [-0.39, 0.29) is 37.4 Å². The highest BCUT2D eigenvalue weighted by molar-refractivity contribution is 7.92. The van der Waals surface area contributed by atoms with Crippen molar-refractivity contribution in [3.63, 3.8) is 0 Å². The number of carbonyl (C=O) groups excluding carboxylic acids is 2. The number of ether oxygens (including phenoxy) is 1. The molecule has 0 bridgehead atoms. The van der Waals surface area contributed by atoms with Gasteiger partial charge in [0, 0.05) is 25.6 Å². The molecule has 0 spiro atoms. The number of rotatable bonds is 14. The van der Waals surface area contributed by atoms with Gasteiger partial charge in [-0.15, -0.1) is 0 Å². The molecule has 0 radical (unpaired) electrons. The van der Waals surface area contributed by atoms with Crippen molar-refractivity contribution < 1.29 is 22.7 Å². The topological polar surface area (TPSA) is 96.0 Å². The molecule has 2 aromatic rings. The summed E-state index contributed by atoms with van der Waals surface area (Å²) in [6, 6.07) is 14.0. The summed E-state index contributed by atoms with van der Waals surface area (Å²) < 4.78 is 31.7. The van der Waals surface area contributed by atoms with Crippen molar-refractivity contribution in [2.45, 2.75) is 72.0 Å². The normalized spacial score (nSPS) is 12.9. The molecule has 2 atom stereocenters. The number of carbonyl (C=O) groups is 2. The van der Waals surface area contributed by atoms with Crippen molar-refractivity contribution in [1.29, 1.82) is 0 Å². The number of amides is 2. The van der Waals surface area contributed by atoms with Crippen LogP contribution in [0.25, 0.3) is 0 Å². The summed E-state index contributed by atoms with van der Waals surface area (Å²) in [5.74, 6) is 0.280. The fraction of sp³-hybridized carbons (Fsp3) is 0.500. The van der Waals surface area contributed by atoms with Gasteiger partial charge in [0.05, 0.1) is 19.1 Å². The Balaban J connectivity index is 2.26. The van der Waals surface area contributed by atoms with E-state index in [0.717, 1.165) is 17.5 Å².